The van der Waals surface area contributed by atoms with Crippen LogP contribution in [0.15, 0.2) is 18.5 Å². The van der Waals surface area contributed by atoms with Crippen LogP contribution in [0.1, 0.15) is 41.2 Å². The molecule has 1 fully saturated rings. The second-order valence-corrected chi connectivity index (χ2v) is 3.96. The second kappa shape index (κ2) is 5.07. The van der Waals surface area contributed by atoms with Gasteiger partial charge in [0.15, 0.2) is 0 Å². The number of hydrogen-bond donors (Lipinski definition) is 1. The number of piperidine rings is 1. The molecule has 0 aliphatic carbocycles. The van der Waals surface area contributed by atoms with Crippen LogP contribution < -0.4 is 5.32 Å². The van der Waals surface area contributed by atoms with Crippen LogP contribution in [0.4, 0.5) is 0 Å². The van der Waals surface area contributed by atoms with Crippen LogP contribution in [0.5, 0.6) is 0 Å². The van der Waals surface area contributed by atoms with Crippen molar-refractivity contribution in [3.63, 3.8) is 0 Å². The summed E-state index contributed by atoms with van der Waals surface area (Å²) in [6.45, 7) is 1.01. The average molecular weight is 220 g/mol. The van der Waals surface area contributed by atoms with Gasteiger partial charge in [0.05, 0.1) is 12.7 Å². The Bertz CT molecular complexity index is 373. The lowest BCUT2D eigenvalue weighted by Gasteiger charge is -2.25. The molecule has 1 aliphatic heterocycles. The third-order valence-electron chi connectivity index (χ3n) is 2.95. The number of pyridine rings is 1. The highest BCUT2D eigenvalue weighted by Crippen LogP contribution is 2.25. The first-order valence-electron chi connectivity index (χ1n) is 5.58. The van der Waals surface area contributed by atoms with Gasteiger partial charge in [-0.15, -0.1) is 0 Å². The van der Waals surface area contributed by atoms with Gasteiger partial charge in [0.1, 0.15) is 0 Å². The van der Waals surface area contributed by atoms with E-state index >= 15 is 0 Å². The third-order valence-corrected chi connectivity index (χ3v) is 2.95. The van der Waals surface area contributed by atoms with E-state index in [0.717, 1.165) is 18.5 Å². The van der Waals surface area contributed by atoms with E-state index in [1.54, 1.807) is 12.4 Å². The van der Waals surface area contributed by atoms with Gasteiger partial charge in [0.2, 0.25) is 0 Å². The summed E-state index contributed by atoms with van der Waals surface area (Å²) in [6.07, 6.45) is 6.76. The standard InChI is InChI=1S/C12H16N2O2/c1-16-12(15)10-8-13-7-5-9(10)11-4-2-3-6-14-11/h5,7-8,11,14H,2-4,6H2,1H3. The highest BCUT2D eigenvalue weighted by molar-refractivity contribution is 5.90. The topological polar surface area (TPSA) is 51.2 Å². The van der Waals surface area contributed by atoms with E-state index in [4.69, 9.17) is 4.74 Å². The summed E-state index contributed by atoms with van der Waals surface area (Å²) < 4.78 is 4.76. The maximum absolute atomic E-state index is 11.6. The van der Waals surface area contributed by atoms with Gasteiger partial charge in [0.25, 0.3) is 0 Å². The molecule has 86 valence electrons. The molecule has 0 bridgehead atoms. The first kappa shape index (κ1) is 11.1. The number of ether oxygens (including phenoxy) is 1. The molecule has 16 heavy (non-hydrogen) atoms. The summed E-state index contributed by atoms with van der Waals surface area (Å²) in [5.74, 6) is -0.310. The van der Waals surface area contributed by atoms with Crippen LogP contribution in [0.2, 0.25) is 0 Å². The molecule has 2 rings (SSSR count). The number of nitrogens with one attached hydrogen (secondary N) is 1. The van der Waals surface area contributed by atoms with Gasteiger partial charge in [-0.3, -0.25) is 4.98 Å². The average Bonchev–Trinajstić information content (AvgIpc) is 2.39. The lowest BCUT2D eigenvalue weighted by atomic mass is 9.95. The van der Waals surface area contributed by atoms with Crippen molar-refractivity contribution >= 4 is 5.97 Å². The van der Waals surface area contributed by atoms with Gasteiger partial charge < -0.3 is 10.1 Å². The summed E-state index contributed by atoms with van der Waals surface area (Å²) in [5, 5.41) is 3.42. The molecule has 1 aromatic heterocycles. The first-order valence-corrected chi connectivity index (χ1v) is 5.58. The monoisotopic (exact) mass is 220 g/mol. The third kappa shape index (κ3) is 2.22. The predicted octanol–water partition coefficient (Wildman–Crippen LogP) is 1.68. The maximum atomic E-state index is 11.6. The lowest BCUT2D eigenvalue weighted by Crippen LogP contribution is -2.28. The fourth-order valence-electron chi connectivity index (χ4n) is 2.11. The van der Waals surface area contributed by atoms with Crippen molar-refractivity contribution in [3.8, 4) is 0 Å². The molecule has 4 heteroatoms. The number of methoxy groups -OCH3 is 1. The predicted molar refractivity (Wildman–Crippen MR) is 60.2 cm³/mol. The molecule has 0 aromatic carbocycles. The van der Waals surface area contributed by atoms with Crippen molar-refractivity contribution in [2.45, 2.75) is 25.3 Å². The molecule has 4 nitrogen and oxygen atoms in total. The molecular formula is C12H16N2O2. The van der Waals surface area contributed by atoms with Crippen molar-refractivity contribution in [2.75, 3.05) is 13.7 Å². The summed E-state index contributed by atoms with van der Waals surface area (Å²) in [6, 6.07) is 2.15. The summed E-state index contributed by atoms with van der Waals surface area (Å²) in [5.41, 5.74) is 1.57. The molecule has 1 unspecified atom stereocenters. The van der Waals surface area contributed by atoms with Crippen LogP contribution >= 0.6 is 0 Å². The molecule has 0 radical (unpaired) electrons. The molecule has 1 atom stereocenters. The van der Waals surface area contributed by atoms with E-state index in [1.165, 1.54) is 20.0 Å². The van der Waals surface area contributed by atoms with Gasteiger partial charge in [-0.05, 0) is 31.0 Å². The minimum atomic E-state index is -0.310. The van der Waals surface area contributed by atoms with Crippen molar-refractivity contribution in [1.82, 2.24) is 10.3 Å². The number of hydrogen-bond acceptors (Lipinski definition) is 4. The number of carbonyl (C=O) groups is 1. The van der Waals surface area contributed by atoms with Gasteiger partial charge in [-0.2, -0.15) is 0 Å². The van der Waals surface area contributed by atoms with Gasteiger partial charge in [0, 0.05) is 18.4 Å². The normalized spacial score (nSPS) is 20.4. The van der Waals surface area contributed by atoms with Gasteiger partial charge >= 0.3 is 5.97 Å². The van der Waals surface area contributed by atoms with Crippen LogP contribution in [-0.4, -0.2) is 24.6 Å². The summed E-state index contributed by atoms with van der Waals surface area (Å²) in [7, 11) is 1.40. The number of rotatable bonds is 2. The Labute approximate surface area is 95.0 Å². The van der Waals surface area contributed by atoms with E-state index in [2.05, 4.69) is 10.3 Å². The van der Waals surface area contributed by atoms with Crippen molar-refractivity contribution < 1.29 is 9.53 Å². The number of carbonyl (C=O) groups excluding carboxylic acids is 1. The van der Waals surface area contributed by atoms with E-state index in [9.17, 15) is 4.79 Å². The second-order valence-electron chi connectivity index (χ2n) is 3.96. The Kier molecular flexibility index (Phi) is 3.51. The first-order chi connectivity index (χ1) is 7.83. The molecule has 0 saturated carbocycles. The lowest BCUT2D eigenvalue weighted by molar-refractivity contribution is 0.0597. The molecular weight excluding hydrogens is 204 g/mol. The largest absolute Gasteiger partial charge is 0.465 e. The minimum Gasteiger partial charge on any atom is -0.465 e. The van der Waals surface area contributed by atoms with Crippen molar-refractivity contribution in [1.29, 1.82) is 0 Å². The highest BCUT2D eigenvalue weighted by Gasteiger charge is 2.21. The van der Waals surface area contributed by atoms with Crippen LogP contribution in [0.25, 0.3) is 0 Å². The Morgan fingerprint density at radius 1 is 1.56 bits per heavy atom. The zero-order valence-electron chi connectivity index (χ0n) is 9.40. The van der Waals surface area contributed by atoms with Crippen LogP contribution in [0, 0.1) is 0 Å². The Morgan fingerprint density at radius 3 is 3.12 bits per heavy atom. The zero-order chi connectivity index (χ0) is 11.4. The maximum Gasteiger partial charge on any atom is 0.339 e. The molecule has 1 aliphatic rings. The smallest absolute Gasteiger partial charge is 0.339 e. The molecule has 0 amide bonds. The Hall–Kier alpha value is -1.42. The van der Waals surface area contributed by atoms with E-state index in [-0.39, 0.29) is 12.0 Å². The van der Waals surface area contributed by atoms with Gasteiger partial charge in [-0.1, -0.05) is 6.42 Å². The molecule has 1 aromatic rings. The fraction of sp³-hybridized carbons (Fsp3) is 0.500. The van der Waals surface area contributed by atoms with Crippen molar-refractivity contribution in [3.05, 3.63) is 29.6 Å². The molecule has 1 N–H and O–H groups in total. The molecule has 2 heterocycles. The van der Waals surface area contributed by atoms with Gasteiger partial charge in [-0.25, -0.2) is 4.79 Å². The van der Waals surface area contributed by atoms with Crippen LogP contribution in [-0.2, 0) is 4.74 Å². The SMILES string of the molecule is COC(=O)c1cnccc1C1CCCCN1. The summed E-state index contributed by atoms with van der Waals surface area (Å²) >= 11 is 0. The highest BCUT2D eigenvalue weighted by atomic mass is 16.5. The van der Waals surface area contributed by atoms with E-state index in [0.29, 0.717) is 5.56 Å². The Morgan fingerprint density at radius 2 is 2.44 bits per heavy atom. The minimum absolute atomic E-state index is 0.255. The molecule has 0 spiro atoms. The number of aromatic nitrogens is 1. The number of esters is 1. The fourth-order valence-corrected chi connectivity index (χ4v) is 2.11. The van der Waals surface area contributed by atoms with E-state index < -0.39 is 0 Å². The van der Waals surface area contributed by atoms with Crippen LogP contribution in [0.3, 0.4) is 0 Å². The quantitative estimate of drug-likeness (QED) is 0.770. The summed E-state index contributed by atoms with van der Waals surface area (Å²) in [4.78, 5) is 15.6. The van der Waals surface area contributed by atoms with Crippen molar-refractivity contribution in [2.24, 2.45) is 0 Å². The zero-order valence-corrected chi connectivity index (χ0v) is 9.40. The molecule has 1 saturated heterocycles. The Balaban J connectivity index is 2.28. The number of nitrogens with zero attached hydrogens (tertiary/aromatic N) is 1. The van der Waals surface area contributed by atoms with E-state index in [1.807, 2.05) is 6.07 Å².